The fourth-order valence-electron chi connectivity index (χ4n) is 3.23. The monoisotopic (exact) mass is 239 g/mol. The average Bonchev–Trinajstić information content (AvgIpc) is 2.72. The first kappa shape index (κ1) is 11.7. The molecule has 0 saturated heterocycles. The van der Waals surface area contributed by atoms with E-state index in [0.29, 0.717) is 12.0 Å². The van der Waals surface area contributed by atoms with Gasteiger partial charge in [-0.05, 0) is 47.2 Å². The maximum absolute atomic E-state index is 3.70. The second-order valence-electron chi connectivity index (χ2n) is 5.47. The van der Waals surface area contributed by atoms with Gasteiger partial charge in [0.2, 0.25) is 0 Å². The van der Waals surface area contributed by atoms with Gasteiger partial charge in [-0.2, -0.15) is 0 Å². The summed E-state index contributed by atoms with van der Waals surface area (Å²) >= 11 is 0. The standard InChI is InChI=1S/C17H21N/c1-3-10-18-17-12(2)11-16-14-7-5-4-6-13(14)8-9-15(16)17/h4-9,12,17-18H,3,10-11H2,1-2H3. The fraction of sp³-hybridized carbons (Fsp3) is 0.412. The van der Waals surface area contributed by atoms with Gasteiger partial charge in [0.15, 0.2) is 0 Å². The highest BCUT2D eigenvalue weighted by Gasteiger charge is 2.29. The molecule has 0 aliphatic heterocycles. The largest absolute Gasteiger partial charge is 0.310 e. The van der Waals surface area contributed by atoms with Crippen LogP contribution in [-0.2, 0) is 6.42 Å². The number of rotatable bonds is 3. The van der Waals surface area contributed by atoms with Crippen LogP contribution in [0.5, 0.6) is 0 Å². The molecule has 94 valence electrons. The van der Waals surface area contributed by atoms with Crippen LogP contribution in [0.2, 0.25) is 0 Å². The topological polar surface area (TPSA) is 12.0 Å². The van der Waals surface area contributed by atoms with Gasteiger partial charge in [0, 0.05) is 6.04 Å². The average molecular weight is 239 g/mol. The van der Waals surface area contributed by atoms with E-state index in [4.69, 9.17) is 0 Å². The Kier molecular flexibility index (Phi) is 3.09. The summed E-state index contributed by atoms with van der Waals surface area (Å²) in [5.74, 6) is 0.706. The van der Waals surface area contributed by atoms with Crippen LogP contribution in [0.15, 0.2) is 36.4 Å². The number of nitrogens with one attached hydrogen (secondary N) is 1. The van der Waals surface area contributed by atoms with Crippen molar-refractivity contribution in [3.63, 3.8) is 0 Å². The van der Waals surface area contributed by atoms with E-state index in [-0.39, 0.29) is 0 Å². The molecular weight excluding hydrogens is 218 g/mol. The number of hydrogen-bond donors (Lipinski definition) is 1. The molecule has 0 fully saturated rings. The number of benzene rings is 2. The zero-order valence-corrected chi connectivity index (χ0v) is 11.2. The third kappa shape index (κ3) is 1.83. The smallest absolute Gasteiger partial charge is 0.0352 e. The molecule has 1 N–H and O–H groups in total. The van der Waals surface area contributed by atoms with E-state index >= 15 is 0 Å². The molecule has 1 aliphatic carbocycles. The maximum Gasteiger partial charge on any atom is 0.0352 e. The molecule has 2 unspecified atom stereocenters. The van der Waals surface area contributed by atoms with E-state index in [1.54, 1.807) is 5.56 Å². The van der Waals surface area contributed by atoms with Crippen molar-refractivity contribution in [2.24, 2.45) is 5.92 Å². The molecule has 1 aliphatic rings. The summed E-state index contributed by atoms with van der Waals surface area (Å²) in [7, 11) is 0. The third-order valence-electron chi connectivity index (χ3n) is 4.12. The summed E-state index contributed by atoms with van der Waals surface area (Å²) in [6.45, 7) is 5.71. The Balaban J connectivity index is 2.06. The van der Waals surface area contributed by atoms with E-state index < -0.39 is 0 Å². The summed E-state index contributed by atoms with van der Waals surface area (Å²) in [5, 5.41) is 6.52. The minimum atomic E-state index is 0.546. The second-order valence-corrected chi connectivity index (χ2v) is 5.47. The normalized spacial score (nSPS) is 22.3. The first-order chi connectivity index (χ1) is 8.81. The van der Waals surface area contributed by atoms with Crippen molar-refractivity contribution >= 4 is 10.8 Å². The van der Waals surface area contributed by atoms with Crippen molar-refractivity contribution < 1.29 is 0 Å². The highest BCUT2D eigenvalue weighted by Crippen LogP contribution is 2.39. The molecule has 0 heterocycles. The Labute approximate surface area is 109 Å². The van der Waals surface area contributed by atoms with Crippen LogP contribution in [0, 0.1) is 5.92 Å². The van der Waals surface area contributed by atoms with Gasteiger partial charge in [0.05, 0.1) is 0 Å². The summed E-state index contributed by atoms with van der Waals surface area (Å²) < 4.78 is 0. The van der Waals surface area contributed by atoms with Gasteiger partial charge in [-0.3, -0.25) is 0 Å². The first-order valence-electron chi connectivity index (χ1n) is 7.05. The lowest BCUT2D eigenvalue weighted by Crippen LogP contribution is -2.24. The molecule has 0 spiro atoms. The predicted octanol–water partition coefficient (Wildman–Crippen LogP) is 4.07. The molecule has 18 heavy (non-hydrogen) atoms. The Hall–Kier alpha value is -1.34. The summed E-state index contributed by atoms with van der Waals surface area (Å²) in [6, 6.07) is 13.9. The van der Waals surface area contributed by atoms with Crippen LogP contribution in [-0.4, -0.2) is 6.54 Å². The van der Waals surface area contributed by atoms with Crippen molar-refractivity contribution in [2.75, 3.05) is 6.54 Å². The summed E-state index contributed by atoms with van der Waals surface area (Å²) in [4.78, 5) is 0. The van der Waals surface area contributed by atoms with Gasteiger partial charge in [-0.25, -0.2) is 0 Å². The fourth-order valence-corrected chi connectivity index (χ4v) is 3.23. The molecule has 0 amide bonds. The van der Waals surface area contributed by atoms with Crippen molar-refractivity contribution in [3.05, 3.63) is 47.5 Å². The van der Waals surface area contributed by atoms with Crippen LogP contribution in [0.25, 0.3) is 10.8 Å². The molecule has 0 bridgehead atoms. The van der Waals surface area contributed by atoms with Gasteiger partial charge >= 0.3 is 0 Å². The molecule has 0 radical (unpaired) electrons. The minimum absolute atomic E-state index is 0.546. The van der Waals surface area contributed by atoms with Crippen molar-refractivity contribution in [2.45, 2.75) is 32.7 Å². The Morgan fingerprint density at radius 2 is 2.00 bits per heavy atom. The highest BCUT2D eigenvalue weighted by atomic mass is 14.9. The first-order valence-corrected chi connectivity index (χ1v) is 7.05. The van der Waals surface area contributed by atoms with Crippen LogP contribution in [0.1, 0.15) is 37.4 Å². The van der Waals surface area contributed by atoms with E-state index in [1.807, 2.05) is 0 Å². The lowest BCUT2D eigenvalue weighted by Gasteiger charge is -2.18. The van der Waals surface area contributed by atoms with Crippen LogP contribution in [0.3, 0.4) is 0 Å². The molecule has 2 aromatic rings. The van der Waals surface area contributed by atoms with E-state index in [1.165, 1.54) is 29.2 Å². The van der Waals surface area contributed by atoms with Crippen molar-refractivity contribution in [1.29, 1.82) is 0 Å². The molecule has 0 saturated carbocycles. The van der Waals surface area contributed by atoms with Crippen LogP contribution >= 0.6 is 0 Å². The Morgan fingerprint density at radius 1 is 1.17 bits per heavy atom. The summed E-state index contributed by atoms with van der Waals surface area (Å²) in [5.41, 5.74) is 3.09. The summed E-state index contributed by atoms with van der Waals surface area (Å²) in [6.07, 6.45) is 2.41. The minimum Gasteiger partial charge on any atom is -0.310 e. The molecule has 2 aromatic carbocycles. The molecule has 1 heteroatoms. The van der Waals surface area contributed by atoms with Gasteiger partial charge in [-0.1, -0.05) is 50.2 Å². The molecule has 3 rings (SSSR count). The van der Waals surface area contributed by atoms with E-state index in [0.717, 1.165) is 6.54 Å². The molecule has 1 nitrogen and oxygen atoms in total. The van der Waals surface area contributed by atoms with Crippen molar-refractivity contribution in [3.8, 4) is 0 Å². The number of hydrogen-bond acceptors (Lipinski definition) is 1. The highest BCUT2D eigenvalue weighted by molar-refractivity contribution is 5.87. The van der Waals surface area contributed by atoms with E-state index in [9.17, 15) is 0 Å². The molecule has 2 atom stereocenters. The van der Waals surface area contributed by atoms with Crippen molar-refractivity contribution in [1.82, 2.24) is 5.32 Å². The second kappa shape index (κ2) is 4.74. The third-order valence-corrected chi connectivity index (χ3v) is 4.12. The van der Waals surface area contributed by atoms with Crippen LogP contribution in [0.4, 0.5) is 0 Å². The Bertz CT molecular complexity index is 559. The van der Waals surface area contributed by atoms with Gasteiger partial charge in [0.25, 0.3) is 0 Å². The van der Waals surface area contributed by atoms with Crippen LogP contribution < -0.4 is 5.32 Å². The lowest BCUT2D eigenvalue weighted by molar-refractivity contribution is 0.417. The van der Waals surface area contributed by atoms with Gasteiger partial charge in [-0.15, -0.1) is 0 Å². The van der Waals surface area contributed by atoms with E-state index in [2.05, 4.69) is 55.6 Å². The maximum atomic E-state index is 3.70. The molecule has 0 aromatic heterocycles. The SMILES string of the molecule is CCCNC1c2ccc3ccccc3c2CC1C. The van der Waals surface area contributed by atoms with Gasteiger partial charge < -0.3 is 5.32 Å². The quantitative estimate of drug-likeness (QED) is 0.851. The zero-order chi connectivity index (χ0) is 12.5. The lowest BCUT2D eigenvalue weighted by atomic mass is 10.00. The zero-order valence-electron chi connectivity index (χ0n) is 11.2. The molecular formula is C17H21N. The Morgan fingerprint density at radius 3 is 2.83 bits per heavy atom. The number of fused-ring (bicyclic) bond motifs is 3. The predicted molar refractivity (Wildman–Crippen MR) is 77.9 cm³/mol. The van der Waals surface area contributed by atoms with Gasteiger partial charge in [0.1, 0.15) is 0 Å².